The molecule has 7 heteroatoms. The first kappa shape index (κ1) is 14.1. The summed E-state index contributed by atoms with van der Waals surface area (Å²) in [6.07, 6.45) is 0. The van der Waals surface area contributed by atoms with Crippen molar-refractivity contribution in [3.05, 3.63) is 29.3 Å². The van der Waals surface area contributed by atoms with Crippen LogP contribution in [0.15, 0.2) is 23.6 Å². The van der Waals surface area contributed by atoms with Crippen molar-refractivity contribution < 1.29 is 14.3 Å². The van der Waals surface area contributed by atoms with E-state index in [9.17, 15) is 4.79 Å². The van der Waals surface area contributed by atoms with Crippen LogP contribution in [-0.2, 0) is 0 Å². The van der Waals surface area contributed by atoms with Crippen LogP contribution < -0.4 is 20.1 Å². The SMILES string of the molecule is CNC(=O)c1csc(Nc2ccc(OC)cc2OC)n1. The minimum Gasteiger partial charge on any atom is -0.497 e. The molecule has 0 saturated heterocycles. The first-order valence-electron chi connectivity index (χ1n) is 5.84. The number of carbonyl (C=O) groups excluding carboxylic acids is 1. The molecule has 1 amide bonds. The third-order valence-electron chi connectivity index (χ3n) is 2.61. The van der Waals surface area contributed by atoms with Gasteiger partial charge in [-0.2, -0.15) is 0 Å². The van der Waals surface area contributed by atoms with Crippen LogP contribution in [0.5, 0.6) is 11.5 Å². The summed E-state index contributed by atoms with van der Waals surface area (Å²) in [5, 5.41) is 7.96. The molecule has 0 aliphatic rings. The van der Waals surface area contributed by atoms with Crippen LogP contribution in [-0.4, -0.2) is 32.2 Å². The van der Waals surface area contributed by atoms with E-state index in [0.717, 1.165) is 5.69 Å². The number of nitrogens with zero attached hydrogens (tertiary/aromatic N) is 1. The number of aromatic nitrogens is 1. The highest BCUT2D eigenvalue weighted by molar-refractivity contribution is 7.14. The van der Waals surface area contributed by atoms with Crippen LogP contribution in [0.2, 0.25) is 0 Å². The molecule has 0 bridgehead atoms. The number of carbonyl (C=O) groups is 1. The Hall–Kier alpha value is -2.28. The highest BCUT2D eigenvalue weighted by atomic mass is 32.1. The number of hydrogen-bond acceptors (Lipinski definition) is 6. The molecule has 1 aromatic carbocycles. The molecule has 1 aromatic heterocycles. The van der Waals surface area contributed by atoms with E-state index in [1.165, 1.54) is 11.3 Å². The lowest BCUT2D eigenvalue weighted by Crippen LogP contribution is -2.18. The number of methoxy groups -OCH3 is 2. The minimum absolute atomic E-state index is 0.212. The molecule has 2 N–H and O–H groups in total. The molecule has 6 nitrogen and oxygen atoms in total. The van der Waals surface area contributed by atoms with Crippen molar-refractivity contribution in [1.29, 1.82) is 0 Å². The molecule has 1 heterocycles. The topological polar surface area (TPSA) is 72.5 Å². The summed E-state index contributed by atoms with van der Waals surface area (Å²) in [6.45, 7) is 0. The smallest absolute Gasteiger partial charge is 0.270 e. The van der Waals surface area contributed by atoms with Crippen LogP contribution in [0.1, 0.15) is 10.5 Å². The molecule has 0 saturated carbocycles. The predicted molar refractivity (Wildman–Crippen MR) is 78.3 cm³/mol. The van der Waals surface area contributed by atoms with E-state index in [1.54, 1.807) is 32.7 Å². The zero-order valence-corrected chi connectivity index (χ0v) is 12.2. The van der Waals surface area contributed by atoms with Gasteiger partial charge in [-0.15, -0.1) is 11.3 Å². The van der Waals surface area contributed by atoms with Gasteiger partial charge < -0.3 is 20.1 Å². The van der Waals surface area contributed by atoms with Gasteiger partial charge in [0.25, 0.3) is 5.91 Å². The second-order valence-electron chi connectivity index (χ2n) is 3.81. The number of amides is 1. The van der Waals surface area contributed by atoms with Gasteiger partial charge >= 0.3 is 0 Å². The standard InChI is InChI=1S/C13H15N3O3S/c1-14-12(17)10-7-20-13(16-10)15-9-5-4-8(18-2)6-11(9)19-3/h4-7H,1-3H3,(H,14,17)(H,15,16). The van der Waals surface area contributed by atoms with Gasteiger partial charge in [-0.3, -0.25) is 4.79 Å². The Balaban J connectivity index is 2.21. The van der Waals surface area contributed by atoms with Crippen molar-refractivity contribution >= 4 is 28.1 Å². The summed E-state index contributed by atoms with van der Waals surface area (Å²) in [7, 11) is 4.75. The fourth-order valence-corrected chi connectivity index (χ4v) is 2.28. The monoisotopic (exact) mass is 293 g/mol. The predicted octanol–water partition coefficient (Wildman–Crippen LogP) is 2.26. The summed E-state index contributed by atoms with van der Waals surface area (Å²) >= 11 is 1.35. The minimum atomic E-state index is -0.212. The van der Waals surface area contributed by atoms with E-state index in [2.05, 4.69) is 15.6 Å². The highest BCUT2D eigenvalue weighted by Gasteiger charge is 2.11. The van der Waals surface area contributed by atoms with E-state index in [0.29, 0.717) is 22.3 Å². The Morgan fingerprint density at radius 2 is 2.10 bits per heavy atom. The number of hydrogen-bond donors (Lipinski definition) is 2. The second kappa shape index (κ2) is 6.25. The summed E-state index contributed by atoms with van der Waals surface area (Å²) in [5.74, 6) is 1.13. The molecule has 0 spiro atoms. The van der Waals surface area contributed by atoms with Gasteiger partial charge in [0.15, 0.2) is 5.13 Å². The molecule has 0 radical (unpaired) electrons. The lowest BCUT2D eigenvalue weighted by molar-refractivity contribution is 0.0959. The number of benzene rings is 1. The Kier molecular flexibility index (Phi) is 4.41. The van der Waals surface area contributed by atoms with E-state index >= 15 is 0 Å². The van der Waals surface area contributed by atoms with Crippen molar-refractivity contribution in [2.24, 2.45) is 0 Å². The number of nitrogens with one attached hydrogen (secondary N) is 2. The Bertz CT molecular complexity index is 613. The van der Waals surface area contributed by atoms with Crippen molar-refractivity contribution in [2.75, 3.05) is 26.6 Å². The highest BCUT2D eigenvalue weighted by Crippen LogP contribution is 2.32. The zero-order chi connectivity index (χ0) is 14.5. The molecule has 0 aliphatic carbocycles. The van der Waals surface area contributed by atoms with E-state index in [1.807, 2.05) is 12.1 Å². The lowest BCUT2D eigenvalue weighted by Gasteiger charge is -2.10. The molecular formula is C13H15N3O3S. The average molecular weight is 293 g/mol. The van der Waals surface area contributed by atoms with Crippen molar-refractivity contribution in [1.82, 2.24) is 10.3 Å². The first-order valence-corrected chi connectivity index (χ1v) is 6.72. The Labute approximate surface area is 120 Å². The lowest BCUT2D eigenvalue weighted by atomic mass is 10.3. The molecule has 2 rings (SSSR count). The van der Waals surface area contributed by atoms with Gasteiger partial charge in [-0.25, -0.2) is 4.98 Å². The van der Waals surface area contributed by atoms with Crippen LogP contribution in [0, 0.1) is 0 Å². The zero-order valence-electron chi connectivity index (χ0n) is 11.4. The van der Waals surface area contributed by atoms with Crippen LogP contribution in [0.25, 0.3) is 0 Å². The fourth-order valence-electron chi connectivity index (χ4n) is 1.58. The van der Waals surface area contributed by atoms with Gasteiger partial charge in [-0.05, 0) is 12.1 Å². The molecule has 106 valence electrons. The van der Waals surface area contributed by atoms with Gasteiger partial charge in [0, 0.05) is 18.5 Å². The van der Waals surface area contributed by atoms with Crippen LogP contribution >= 0.6 is 11.3 Å². The molecule has 0 atom stereocenters. The average Bonchev–Trinajstić information content (AvgIpc) is 2.95. The van der Waals surface area contributed by atoms with Crippen LogP contribution in [0.3, 0.4) is 0 Å². The van der Waals surface area contributed by atoms with Gasteiger partial charge in [0.1, 0.15) is 17.2 Å². The summed E-state index contributed by atoms with van der Waals surface area (Å²) in [5.41, 5.74) is 1.14. The third kappa shape index (κ3) is 3.00. The summed E-state index contributed by atoms with van der Waals surface area (Å²) in [6, 6.07) is 5.42. The molecule has 20 heavy (non-hydrogen) atoms. The third-order valence-corrected chi connectivity index (χ3v) is 3.37. The normalized spacial score (nSPS) is 9.95. The van der Waals surface area contributed by atoms with E-state index in [-0.39, 0.29) is 5.91 Å². The molecule has 0 fully saturated rings. The van der Waals surface area contributed by atoms with Crippen LogP contribution in [0.4, 0.5) is 10.8 Å². The molecule has 2 aromatic rings. The maximum absolute atomic E-state index is 11.4. The van der Waals surface area contributed by atoms with Gasteiger partial charge in [0.05, 0.1) is 19.9 Å². The molecule has 0 aliphatic heterocycles. The van der Waals surface area contributed by atoms with Crippen molar-refractivity contribution in [2.45, 2.75) is 0 Å². The second-order valence-corrected chi connectivity index (χ2v) is 4.67. The van der Waals surface area contributed by atoms with Gasteiger partial charge in [-0.1, -0.05) is 0 Å². The summed E-state index contributed by atoms with van der Waals surface area (Å²) < 4.78 is 10.4. The van der Waals surface area contributed by atoms with Crippen molar-refractivity contribution in [3.63, 3.8) is 0 Å². The van der Waals surface area contributed by atoms with Gasteiger partial charge in [0.2, 0.25) is 0 Å². The summed E-state index contributed by atoms with van der Waals surface area (Å²) in [4.78, 5) is 15.7. The van der Waals surface area contributed by atoms with E-state index in [4.69, 9.17) is 9.47 Å². The van der Waals surface area contributed by atoms with Crippen molar-refractivity contribution in [3.8, 4) is 11.5 Å². The Morgan fingerprint density at radius 3 is 2.75 bits per heavy atom. The first-order chi connectivity index (χ1) is 9.67. The molecular weight excluding hydrogens is 278 g/mol. The number of anilines is 2. The van der Waals surface area contributed by atoms with E-state index < -0.39 is 0 Å². The Morgan fingerprint density at radius 1 is 1.30 bits per heavy atom. The fraction of sp³-hybridized carbons (Fsp3) is 0.231. The number of rotatable bonds is 5. The quantitative estimate of drug-likeness (QED) is 0.884. The maximum Gasteiger partial charge on any atom is 0.270 e. The maximum atomic E-state index is 11.4. The molecule has 0 unspecified atom stereocenters. The number of ether oxygens (including phenoxy) is 2. The largest absolute Gasteiger partial charge is 0.497 e. The number of thiazole rings is 1.